The fourth-order valence-corrected chi connectivity index (χ4v) is 2.17. The zero-order valence-electron chi connectivity index (χ0n) is 8.60. The molecule has 3 heteroatoms. The molecule has 1 N–H and O–H groups in total. The van der Waals surface area contributed by atoms with E-state index in [0.29, 0.717) is 0 Å². The minimum atomic E-state index is 0.0274. The maximum absolute atomic E-state index is 11.5. The summed E-state index contributed by atoms with van der Waals surface area (Å²) in [6, 6.07) is 0. The van der Waals surface area contributed by atoms with Gasteiger partial charge < -0.3 is 0 Å². The summed E-state index contributed by atoms with van der Waals surface area (Å²) in [7, 11) is 0. The van der Waals surface area contributed by atoms with Crippen LogP contribution in [0.25, 0.3) is 0 Å². The van der Waals surface area contributed by atoms with Crippen molar-refractivity contribution in [2.24, 2.45) is 0 Å². The van der Waals surface area contributed by atoms with Gasteiger partial charge in [-0.15, -0.1) is 0 Å². The first-order chi connectivity index (χ1) is 6.83. The Balaban J connectivity index is 2.48. The maximum atomic E-state index is 11.5. The van der Waals surface area contributed by atoms with Crippen LogP contribution in [-0.2, 0) is 19.3 Å². The van der Waals surface area contributed by atoms with Crippen LogP contribution in [0.3, 0.4) is 0 Å². The zero-order chi connectivity index (χ0) is 9.97. The molecule has 2 rings (SSSR count). The molecular weight excluding hydrogens is 176 g/mol. The average molecular weight is 192 g/mol. The second kappa shape index (κ2) is 3.95. The lowest BCUT2D eigenvalue weighted by molar-refractivity contribution is 0.648. The van der Waals surface area contributed by atoms with E-state index in [9.17, 15) is 4.79 Å². The molecule has 1 aliphatic carbocycles. The number of aryl methyl sites for hydroxylation is 1. The zero-order valence-corrected chi connectivity index (χ0v) is 8.60. The van der Waals surface area contributed by atoms with E-state index < -0.39 is 0 Å². The Labute approximate surface area is 83.5 Å². The van der Waals surface area contributed by atoms with Crippen molar-refractivity contribution in [1.29, 1.82) is 0 Å². The van der Waals surface area contributed by atoms with E-state index in [1.165, 1.54) is 12.0 Å². The largest absolute Gasteiger partial charge is 0.268 e. The molecule has 1 aliphatic rings. The highest BCUT2D eigenvalue weighted by Crippen LogP contribution is 2.20. The number of aromatic amines is 1. The number of hydrogen-bond donors (Lipinski definition) is 1. The monoisotopic (exact) mass is 192 g/mol. The van der Waals surface area contributed by atoms with Gasteiger partial charge in [-0.1, -0.05) is 13.3 Å². The predicted molar refractivity (Wildman–Crippen MR) is 55.5 cm³/mol. The number of aromatic nitrogens is 2. The van der Waals surface area contributed by atoms with Crippen LogP contribution in [0.15, 0.2) is 4.79 Å². The molecule has 0 amide bonds. The summed E-state index contributed by atoms with van der Waals surface area (Å²) in [6.45, 7) is 2.14. The standard InChI is InChI=1S/C11H16N2O/c1-2-5-10-8-6-3-4-7-9(8)11(14)13-12-10/h2-7H2,1H3,(H,13,14). The fraction of sp³-hybridized carbons (Fsp3) is 0.636. The number of nitrogens with one attached hydrogen (secondary N) is 1. The van der Waals surface area contributed by atoms with Crippen LogP contribution < -0.4 is 5.56 Å². The van der Waals surface area contributed by atoms with Gasteiger partial charge in [0.2, 0.25) is 0 Å². The van der Waals surface area contributed by atoms with E-state index in [4.69, 9.17) is 0 Å². The molecule has 0 aliphatic heterocycles. The van der Waals surface area contributed by atoms with Crippen LogP contribution >= 0.6 is 0 Å². The molecule has 76 valence electrons. The third-order valence-electron chi connectivity index (χ3n) is 2.87. The normalized spacial score (nSPS) is 15.2. The van der Waals surface area contributed by atoms with Crippen LogP contribution in [0, 0.1) is 0 Å². The molecule has 0 unspecified atom stereocenters. The SMILES string of the molecule is CCCc1n[nH]c(=O)c2c1CCCC2. The van der Waals surface area contributed by atoms with Crippen molar-refractivity contribution in [2.75, 3.05) is 0 Å². The van der Waals surface area contributed by atoms with Gasteiger partial charge >= 0.3 is 0 Å². The van der Waals surface area contributed by atoms with Gasteiger partial charge in [0.15, 0.2) is 0 Å². The van der Waals surface area contributed by atoms with Crippen molar-refractivity contribution in [3.8, 4) is 0 Å². The summed E-state index contributed by atoms with van der Waals surface area (Å²) in [5.41, 5.74) is 3.37. The molecule has 1 aromatic rings. The van der Waals surface area contributed by atoms with Crippen LogP contribution in [-0.4, -0.2) is 10.2 Å². The Morgan fingerprint density at radius 2 is 2.00 bits per heavy atom. The van der Waals surface area contributed by atoms with Crippen molar-refractivity contribution in [3.63, 3.8) is 0 Å². The molecular formula is C11H16N2O. The van der Waals surface area contributed by atoms with Crippen molar-refractivity contribution >= 4 is 0 Å². The number of fused-ring (bicyclic) bond motifs is 1. The van der Waals surface area contributed by atoms with E-state index in [1.807, 2.05) is 0 Å². The van der Waals surface area contributed by atoms with Crippen LogP contribution in [0.1, 0.15) is 43.0 Å². The number of nitrogens with zero attached hydrogens (tertiary/aromatic N) is 1. The molecule has 0 saturated heterocycles. The first-order valence-corrected chi connectivity index (χ1v) is 5.42. The van der Waals surface area contributed by atoms with Gasteiger partial charge in [-0.2, -0.15) is 5.10 Å². The van der Waals surface area contributed by atoms with Crippen molar-refractivity contribution < 1.29 is 0 Å². The van der Waals surface area contributed by atoms with Gasteiger partial charge in [-0.3, -0.25) is 4.79 Å². The third kappa shape index (κ3) is 1.59. The summed E-state index contributed by atoms with van der Waals surface area (Å²) in [5.74, 6) is 0. The van der Waals surface area contributed by atoms with E-state index in [-0.39, 0.29) is 5.56 Å². The van der Waals surface area contributed by atoms with E-state index in [1.54, 1.807) is 0 Å². The molecule has 1 aromatic heterocycles. The number of rotatable bonds is 2. The Hall–Kier alpha value is -1.12. The lowest BCUT2D eigenvalue weighted by atomic mass is 9.91. The highest BCUT2D eigenvalue weighted by Gasteiger charge is 2.16. The summed E-state index contributed by atoms with van der Waals surface area (Å²) in [5, 5.41) is 6.75. The predicted octanol–water partition coefficient (Wildman–Crippen LogP) is 1.60. The van der Waals surface area contributed by atoms with Crippen LogP contribution in [0.5, 0.6) is 0 Å². The van der Waals surface area contributed by atoms with Crippen molar-refractivity contribution in [2.45, 2.75) is 45.4 Å². The summed E-state index contributed by atoms with van der Waals surface area (Å²) in [6.07, 6.45) is 6.40. The van der Waals surface area contributed by atoms with Crippen molar-refractivity contribution in [1.82, 2.24) is 10.2 Å². The van der Waals surface area contributed by atoms with Gasteiger partial charge in [0.1, 0.15) is 0 Å². The summed E-state index contributed by atoms with van der Waals surface area (Å²) in [4.78, 5) is 11.5. The summed E-state index contributed by atoms with van der Waals surface area (Å²) < 4.78 is 0. The lowest BCUT2D eigenvalue weighted by Gasteiger charge is -2.16. The highest BCUT2D eigenvalue weighted by atomic mass is 16.1. The van der Waals surface area contributed by atoms with Gasteiger partial charge in [0, 0.05) is 5.56 Å². The number of hydrogen-bond acceptors (Lipinski definition) is 2. The molecule has 14 heavy (non-hydrogen) atoms. The first-order valence-electron chi connectivity index (χ1n) is 5.42. The van der Waals surface area contributed by atoms with E-state index in [0.717, 1.165) is 43.4 Å². The first kappa shape index (κ1) is 9.44. The molecule has 0 aromatic carbocycles. The van der Waals surface area contributed by atoms with E-state index >= 15 is 0 Å². The van der Waals surface area contributed by atoms with Crippen molar-refractivity contribution in [3.05, 3.63) is 27.2 Å². The second-order valence-electron chi connectivity index (χ2n) is 3.91. The quantitative estimate of drug-likeness (QED) is 0.773. The third-order valence-corrected chi connectivity index (χ3v) is 2.87. The molecule has 0 atom stereocenters. The number of H-pyrrole nitrogens is 1. The molecule has 0 fully saturated rings. The molecule has 0 bridgehead atoms. The Morgan fingerprint density at radius 3 is 2.71 bits per heavy atom. The molecule has 0 spiro atoms. The van der Waals surface area contributed by atoms with Gasteiger partial charge in [-0.25, -0.2) is 5.10 Å². The molecule has 0 radical (unpaired) electrons. The molecule has 3 nitrogen and oxygen atoms in total. The van der Waals surface area contributed by atoms with Gasteiger partial charge in [0.05, 0.1) is 5.69 Å². The molecule has 0 saturated carbocycles. The maximum Gasteiger partial charge on any atom is 0.267 e. The van der Waals surface area contributed by atoms with Crippen LogP contribution in [0.2, 0.25) is 0 Å². The topological polar surface area (TPSA) is 45.8 Å². The Bertz CT molecular complexity index is 381. The fourth-order valence-electron chi connectivity index (χ4n) is 2.17. The minimum absolute atomic E-state index is 0.0274. The van der Waals surface area contributed by atoms with E-state index in [2.05, 4.69) is 17.1 Å². The summed E-state index contributed by atoms with van der Waals surface area (Å²) >= 11 is 0. The van der Waals surface area contributed by atoms with Crippen LogP contribution in [0.4, 0.5) is 0 Å². The lowest BCUT2D eigenvalue weighted by Crippen LogP contribution is -2.22. The molecule has 1 heterocycles. The Kier molecular flexibility index (Phi) is 2.66. The highest BCUT2D eigenvalue weighted by molar-refractivity contribution is 5.30. The average Bonchev–Trinajstić information content (AvgIpc) is 2.23. The smallest absolute Gasteiger partial charge is 0.267 e. The second-order valence-corrected chi connectivity index (χ2v) is 3.91. The van der Waals surface area contributed by atoms with Gasteiger partial charge in [0.25, 0.3) is 5.56 Å². The minimum Gasteiger partial charge on any atom is -0.268 e. The Morgan fingerprint density at radius 1 is 1.29 bits per heavy atom. The van der Waals surface area contributed by atoms with Gasteiger partial charge in [-0.05, 0) is 37.7 Å².